The van der Waals surface area contributed by atoms with Gasteiger partial charge in [-0.05, 0) is 36.4 Å². The molecule has 0 bridgehead atoms. The molecule has 0 saturated carbocycles. The molecule has 2 heterocycles. The third kappa shape index (κ3) is 4.15. The van der Waals surface area contributed by atoms with Crippen molar-refractivity contribution < 1.29 is 9.53 Å². The van der Waals surface area contributed by atoms with Crippen LogP contribution in [0.3, 0.4) is 0 Å². The minimum absolute atomic E-state index is 0.0797. The standard InChI is InChI=1S/C18H19N3O2S/c1-23-11-9-19-18(22)14-5-7-16(8-6-14)24-13-15-12-21-10-3-2-4-17(21)20-15/h2-8,10,12H,9,11,13H2,1H3,(H,19,22). The molecule has 24 heavy (non-hydrogen) atoms. The molecular weight excluding hydrogens is 322 g/mol. The minimum atomic E-state index is -0.0797. The first kappa shape index (κ1) is 16.5. The van der Waals surface area contributed by atoms with E-state index in [1.807, 2.05) is 59.3 Å². The van der Waals surface area contributed by atoms with Crippen molar-refractivity contribution in [1.82, 2.24) is 14.7 Å². The first-order chi connectivity index (χ1) is 11.8. The Kier molecular flexibility index (Phi) is 5.51. The van der Waals surface area contributed by atoms with Crippen LogP contribution in [0, 0.1) is 0 Å². The van der Waals surface area contributed by atoms with E-state index in [2.05, 4.69) is 10.3 Å². The normalized spacial score (nSPS) is 10.9. The Hall–Kier alpha value is -2.31. The van der Waals surface area contributed by atoms with Crippen LogP contribution in [0.15, 0.2) is 59.8 Å². The molecule has 3 rings (SSSR count). The second-order valence-electron chi connectivity index (χ2n) is 5.26. The summed E-state index contributed by atoms with van der Waals surface area (Å²) >= 11 is 1.70. The van der Waals surface area contributed by atoms with Gasteiger partial charge in [0.25, 0.3) is 5.91 Å². The van der Waals surface area contributed by atoms with Gasteiger partial charge in [-0.15, -0.1) is 11.8 Å². The summed E-state index contributed by atoms with van der Waals surface area (Å²) in [5.74, 6) is 0.713. The highest BCUT2D eigenvalue weighted by molar-refractivity contribution is 7.98. The molecule has 2 aromatic heterocycles. The van der Waals surface area contributed by atoms with Crippen molar-refractivity contribution in [3.63, 3.8) is 0 Å². The lowest BCUT2D eigenvalue weighted by Crippen LogP contribution is -2.26. The number of hydrogen-bond donors (Lipinski definition) is 1. The topological polar surface area (TPSA) is 55.6 Å². The van der Waals surface area contributed by atoms with E-state index in [0.717, 1.165) is 22.0 Å². The van der Waals surface area contributed by atoms with Crippen molar-refractivity contribution in [3.8, 4) is 0 Å². The number of nitrogens with one attached hydrogen (secondary N) is 1. The molecule has 0 aliphatic rings. The van der Waals surface area contributed by atoms with Crippen LogP contribution in [0.2, 0.25) is 0 Å². The average molecular weight is 341 g/mol. The molecule has 0 spiro atoms. The van der Waals surface area contributed by atoms with Gasteiger partial charge < -0.3 is 14.5 Å². The summed E-state index contributed by atoms with van der Waals surface area (Å²) in [6.45, 7) is 1.03. The van der Waals surface area contributed by atoms with E-state index in [-0.39, 0.29) is 5.91 Å². The Morgan fingerprint density at radius 2 is 2.08 bits per heavy atom. The van der Waals surface area contributed by atoms with E-state index in [4.69, 9.17) is 4.74 Å². The number of carbonyl (C=O) groups excluding carboxylic acids is 1. The van der Waals surface area contributed by atoms with Gasteiger partial charge in [0.05, 0.1) is 12.3 Å². The highest BCUT2D eigenvalue weighted by Gasteiger charge is 2.06. The van der Waals surface area contributed by atoms with Gasteiger partial charge in [-0.2, -0.15) is 0 Å². The van der Waals surface area contributed by atoms with Crippen molar-refractivity contribution in [1.29, 1.82) is 0 Å². The summed E-state index contributed by atoms with van der Waals surface area (Å²) < 4.78 is 6.93. The molecule has 1 amide bonds. The minimum Gasteiger partial charge on any atom is -0.383 e. The number of hydrogen-bond acceptors (Lipinski definition) is 4. The highest BCUT2D eigenvalue weighted by Crippen LogP contribution is 2.23. The molecule has 0 fully saturated rings. The van der Waals surface area contributed by atoms with Gasteiger partial charge in [0.15, 0.2) is 0 Å². The van der Waals surface area contributed by atoms with Crippen LogP contribution in [0.4, 0.5) is 0 Å². The van der Waals surface area contributed by atoms with Crippen LogP contribution >= 0.6 is 11.8 Å². The zero-order valence-corrected chi connectivity index (χ0v) is 14.3. The summed E-state index contributed by atoms with van der Waals surface area (Å²) in [4.78, 5) is 17.6. The molecule has 0 aliphatic carbocycles. The van der Waals surface area contributed by atoms with Gasteiger partial charge in [0, 0.05) is 42.3 Å². The molecule has 5 nitrogen and oxygen atoms in total. The number of carbonyl (C=O) groups is 1. The van der Waals surface area contributed by atoms with Crippen molar-refractivity contribution in [2.75, 3.05) is 20.3 Å². The third-order valence-corrected chi connectivity index (χ3v) is 4.55. The smallest absolute Gasteiger partial charge is 0.251 e. The first-order valence-electron chi connectivity index (χ1n) is 7.69. The largest absolute Gasteiger partial charge is 0.383 e. The summed E-state index contributed by atoms with van der Waals surface area (Å²) in [6, 6.07) is 13.6. The molecule has 1 N–H and O–H groups in total. The van der Waals surface area contributed by atoms with Crippen LogP contribution in [0.5, 0.6) is 0 Å². The number of fused-ring (bicyclic) bond motifs is 1. The number of methoxy groups -OCH3 is 1. The number of benzene rings is 1. The Bertz CT molecular complexity index is 782. The lowest BCUT2D eigenvalue weighted by Gasteiger charge is -2.05. The molecule has 0 radical (unpaired) electrons. The van der Waals surface area contributed by atoms with Gasteiger partial charge in [0.1, 0.15) is 5.65 Å². The van der Waals surface area contributed by atoms with Gasteiger partial charge in [-0.1, -0.05) is 6.07 Å². The fraction of sp³-hybridized carbons (Fsp3) is 0.222. The fourth-order valence-electron chi connectivity index (χ4n) is 2.29. The van der Waals surface area contributed by atoms with Crippen LogP contribution in [-0.4, -0.2) is 35.6 Å². The molecule has 0 aliphatic heterocycles. The van der Waals surface area contributed by atoms with Gasteiger partial charge in [-0.25, -0.2) is 4.98 Å². The zero-order valence-electron chi connectivity index (χ0n) is 13.4. The van der Waals surface area contributed by atoms with Crippen molar-refractivity contribution in [2.45, 2.75) is 10.6 Å². The second-order valence-corrected chi connectivity index (χ2v) is 6.31. The van der Waals surface area contributed by atoms with E-state index < -0.39 is 0 Å². The van der Waals surface area contributed by atoms with Gasteiger partial charge in [-0.3, -0.25) is 4.79 Å². The highest BCUT2D eigenvalue weighted by atomic mass is 32.2. The first-order valence-corrected chi connectivity index (χ1v) is 8.67. The number of amides is 1. The summed E-state index contributed by atoms with van der Waals surface area (Å²) in [6.07, 6.45) is 4.04. The monoisotopic (exact) mass is 341 g/mol. The lowest BCUT2D eigenvalue weighted by molar-refractivity contribution is 0.0937. The summed E-state index contributed by atoms with van der Waals surface area (Å²) in [5, 5.41) is 2.81. The van der Waals surface area contributed by atoms with Crippen LogP contribution < -0.4 is 5.32 Å². The number of rotatable bonds is 7. The number of pyridine rings is 1. The van der Waals surface area contributed by atoms with Crippen LogP contribution in [0.1, 0.15) is 16.1 Å². The predicted octanol–water partition coefficient (Wildman–Crippen LogP) is 3.00. The lowest BCUT2D eigenvalue weighted by atomic mass is 10.2. The van der Waals surface area contributed by atoms with Gasteiger partial charge in [0.2, 0.25) is 0 Å². The molecular formula is C18H19N3O2S. The summed E-state index contributed by atoms with van der Waals surface area (Å²) in [7, 11) is 1.61. The molecule has 124 valence electrons. The van der Waals surface area contributed by atoms with Gasteiger partial charge >= 0.3 is 0 Å². The molecule has 0 unspecified atom stereocenters. The fourth-order valence-corrected chi connectivity index (χ4v) is 3.07. The zero-order chi connectivity index (χ0) is 16.8. The Morgan fingerprint density at radius 3 is 2.83 bits per heavy atom. The summed E-state index contributed by atoms with van der Waals surface area (Å²) in [5.41, 5.74) is 2.65. The molecule has 6 heteroatoms. The van der Waals surface area contributed by atoms with Crippen molar-refractivity contribution in [3.05, 3.63) is 66.1 Å². The number of aromatic nitrogens is 2. The molecule has 0 saturated heterocycles. The van der Waals surface area contributed by atoms with E-state index >= 15 is 0 Å². The van der Waals surface area contributed by atoms with Crippen molar-refractivity contribution >= 4 is 23.3 Å². The second kappa shape index (κ2) is 7.99. The number of ether oxygens (including phenoxy) is 1. The van der Waals surface area contributed by atoms with E-state index in [9.17, 15) is 4.79 Å². The average Bonchev–Trinajstić information content (AvgIpc) is 3.03. The SMILES string of the molecule is COCCNC(=O)c1ccc(SCc2cn3ccccc3n2)cc1. The predicted molar refractivity (Wildman–Crippen MR) is 95.4 cm³/mol. The van der Waals surface area contributed by atoms with Crippen molar-refractivity contribution in [2.24, 2.45) is 0 Å². The maximum Gasteiger partial charge on any atom is 0.251 e. The number of thioether (sulfide) groups is 1. The van der Waals surface area contributed by atoms with Crippen LogP contribution in [-0.2, 0) is 10.5 Å². The maximum absolute atomic E-state index is 11.9. The quantitative estimate of drug-likeness (QED) is 0.530. The third-order valence-electron chi connectivity index (χ3n) is 3.51. The van der Waals surface area contributed by atoms with Crippen LogP contribution in [0.25, 0.3) is 5.65 Å². The number of imidazole rings is 1. The van der Waals surface area contributed by atoms with E-state index in [0.29, 0.717) is 18.7 Å². The molecule has 0 atom stereocenters. The van der Waals surface area contributed by atoms with E-state index in [1.165, 1.54) is 0 Å². The number of nitrogens with zero attached hydrogens (tertiary/aromatic N) is 2. The van der Waals surface area contributed by atoms with E-state index in [1.54, 1.807) is 18.9 Å². The maximum atomic E-state index is 11.9. The molecule has 1 aromatic carbocycles. The Morgan fingerprint density at radius 1 is 1.25 bits per heavy atom. The Labute approximate surface area is 145 Å². The Balaban J connectivity index is 1.56. The molecule has 3 aromatic rings.